The van der Waals surface area contributed by atoms with Crippen molar-refractivity contribution in [2.24, 2.45) is 17.8 Å². The molecule has 36 heavy (non-hydrogen) atoms. The number of aromatic nitrogens is 3. The zero-order valence-electron chi connectivity index (χ0n) is 20.3. The van der Waals surface area contributed by atoms with Gasteiger partial charge in [-0.15, -0.1) is 0 Å². The molecule has 2 fully saturated rings. The summed E-state index contributed by atoms with van der Waals surface area (Å²) in [5.74, 6) is -0.143. The number of rotatable bonds is 4. The Labute approximate surface area is 214 Å². The fraction of sp³-hybridized carbons (Fsp3) is 0.407. The van der Waals surface area contributed by atoms with Crippen molar-refractivity contribution in [2.75, 3.05) is 31.1 Å². The number of benzene rings is 1. The van der Waals surface area contributed by atoms with Gasteiger partial charge in [-0.3, -0.25) is 14.6 Å². The lowest BCUT2D eigenvalue weighted by Gasteiger charge is -2.48. The molecule has 2 saturated heterocycles. The molecule has 0 aliphatic carbocycles. The second-order valence-electron chi connectivity index (χ2n) is 10.0. The summed E-state index contributed by atoms with van der Waals surface area (Å²) in [5.41, 5.74) is 0.403. The molecule has 188 valence electrons. The Morgan fingerprint density at radius 2 is 1.75 bits per heavy atom. The predicted octanol–water partition coefficient (Wildman–Crippen LogP) is 3.04. The van der Waals surface area contributed by atoms with Crippen LogP contribution >= 0.6 is 11.6 Å². The molecule has 2 aromatic heterocycles. The fourth-order valence-corrected chi connectivity index (χ4v) is 5.96. The first-order chi connectivity index (χ1) is 17.3. The van der Waals surface area contributed by atoms with Crippen molar-refractivity contribution in [1.29, 1.82) is 0 Å². The second kappa shape index (κ2) is 9.67. The predicted molar refractivity (Wildman–Crippen MR) is 138 cm³/mol. The molecule has 0 bridgehead atoms. The number of hydrogen-bond donors (Lipinski definition) is 2. The number of aromatic amines is 1. The van der Waals surface area contributed by atoms with Crippen LogP contribution in [0.4, 0.5) is 5.82 Å². The number of nitrogens with zero attached hydrogens (tertiary/aromatic N) is 4. The first-order valence-electron chi connectivity index (χ1n) is 12.3. The maximum Gasteiger partial charge on any atom is 0.264 e. The van der Waals surface area contributed by atoms with Gasteiger partial charge in [0.05, 0.1) is 16.5 Å². The summed E-state index contributed by atoms with van der Waals surface area (Å²) in [7, 11) is 0. The topological polar surface area (TPSA) is 102 Å². The average molecular weight is 508 g/mol. The van der Waals surface area contributed by atoms with Gasteiger partial charge in [0.2, 0.25) is 5.91 Å². The van der Waals surface area contributed by atoms with E-state index in [0.29, 0.717) is 37.0 Å². The minimum atomic E-state index is -1.00. The summed E-state index contributed by atoms with van der Waals surface area (Å²) in [6.45, 7) is 5.93. The summed E-state index contributed by atoms with van der Waals surface area (Å²) < 4.78 is 0. The highest BCUT2D eigenvalue weighted by atomic mass is 35.5. The van der Waals surface area contributed by atoms with Gasteiger partial charge < -0.3 is 14.9 Å². The Balaban J connectivity index is 1.41. The molecule has 0 spiro atoms. The number of carbonyl (C=O) groups excluding carboxylic acids is 1. The van der Waals surface area contributed by atoms with Crippen LogP contribution in [0.1, 0.15) is 31.0 Å². The van der Waals surface area contributed by atoms with E-state index in [1.165, 1.54) is 6.07 Å². The number of aliphatic hydroxyl groups is 1. The highest BCUT2D eigenvalue weighted by molar-refractivity contribution is 6.30. The van der Waals surface area contributed by atoms with Crippen molar-refractivity contribution in [3.63, 3.8) is 0 Å². The number of likely N-dealkylation sites (tertiary alicyclic amines) is 1. The van der Waals surface area contributed by atoms with Gasteiger partial charge in [0.15, 0.2) is 0 Å². The van der Waals surface area contributed by atoms with Crippen LogP contribution in [0.3, 0.4) is 0 Å². The van der Waals surface area contributed by atoms with Crippen LogP contribution in [-0.4, -0.2) is 57.3 Å². The molecule has 5 rings (SSSR count). The minimum absolute atomic E-state index is 0.0393. The molecule has 1 aromatic carbocycles. The Kier molecular flexibility index (Phi) is 6.57. The van der Waals surface area contributed by atoms with E-state index < -0.39 is 5.60 Å². The van der Waals surface area contributed by atoms with Crippen LogP contribution < -0.4 is 10.5 Å². The molecular weight excluding hydrogens is 478 g/mol. The fourth-order valence-electron chi connectivity index (χ4n) is 5.85. The number of piperidine rings is 1. The number of H-pyrrole nitrogens is 1. The van der Waals surface area contributed by atoms with E-state index in [0.717, 1.165) is 11.3 Å². The smallest absolute Gasteiger partial charge is 0.264 e. The number of pyridine rings is 1. The van der Waals surface area contributed by atoms with Gasteiger partial charge in [-0.1, -0.05) is 55.8 Å². The van der Waals surface area contributed by atoms with Gasteiger partial charge in [-0.2, -0.15) is 5.10 Å². The van der Waals surface area contributed by atoms with Gasteiger partial charge in [0.1, 0.15) is 5.82 Å². The van der Waals surface area contributed by atoms with E-state index in [9.17, 15) is 14.7 Å². The van der Waals surface area contributed by atoms with Crippen LogP contribution in [-0.2, 0) is 10.4 Å². The molecule has 9 heteroatoms. The van der Waals surface area contributed by atoms with Gasteiger partial charge in [-0.05, 0) is 23.8 Å². The molecule has 8 nitrogen and oxygen atoms in total. The molecule has 0 radical (unpaired) electrons. The molecule has 1 amide bonds. The Bertz CT molecular complexity index is 1250. The summed E-state index contributed by atoms with van der Waals surface area (Å²) in [6, 6.07) is 16.5. The Hall–Kier alpha value is -3.23. The maximum absolute atomic E-state index is 14.0. The van der Waals surface area contributed by atoms with Gasteiger partial charge in [-0.25, -0.2) is 5.10 Å². The number of nitrogens with one attached hydrogen (secondary N) is 1. The molecule has 1 unspecified atom stereocenters. The maximum atomic E-state index is 14.0. The van der Waals surface area contributed by atoms with E-state index in [1.807, 2.05) is 60.0 Å². The normalized spacial score (nSPS) is 28.3. The van der Waals surface area contributed by atoms with Crippen LogP contribution in [0, 0.1) is 17.8 Å². The zero-order valence-corrected chi connectivity index (χ0v) is 21.1. The highest BCUT2D eigenvalue weighted by Gasteiger charge is 2.49. The van der Waals surface area contributed by atoms with Crippen LogP contribution in [0.5, 0.6) is 0 Å². The number of amides is 1. The van der Waals surface area contributed by atoms with Crippen LogP contribution in [0.25, 0.3) is 0 Å². The Morgan fingerprint density at radius 1 is 1.03 bits per heavy atom. The van der Waals surface area contributed by atoms with E-state index in [2.05, 4.69) is 15.2 Å². The molecule has 5 atom stereocenters. The first kappa shape index (κ1) is 24.5. The number of hydrogen-bond acceptors (Lipinski definition) is 6. The molecule has 2 N–H and O–H groups in total. The highest BCUT2D eigenvalue weighted by Crippen LogP contribution is 2.43. The molecule has 3 aromatic rings. The summed E-state index contributed by atoms with van der Waals surface area (Å²) in [5, 5.41) is 18.9. The molecule has 2 aliphatic rings. The summed E-state index contributed by atoms with van der Waals surface area (Å²) >= 11 is 6.07. The quantitative estimate of drug-likeness (QED) is 0.562. The van der Waals surface area contributed by atoms with Crippen molar-refractivity contribution in [3.05, 3.63) is 87.4 Å². The first-order valence-corrected chi connectivity index (χ1v) is 12.6. The van der Waals surface area contributed by atoms with E-state index >= 15 is 0 Å². The third-order valence-corrected chi connectivity index (χ3v) is 8.02. The van der Waals surface area contributed by atoms with Crippen molar-refractivity contribution in [2.45, 2.75) is 25.4 Å². The van der Waals surface area contributed by atoms with Crippen molar-refractivity contribution in [1.82, 2.24) is 20.1 Å². The minimum Gasteiger partial charge on any atom is -0.384 e. The van der Waals surface area contributed by atoms with Crippen molar-refractivity contribution in [3.8, 4) is 0 Å². The van der Waals surface area contributed by atoms with Gasteiger partial charge >= 0.3 is 0 Å². The number of anilines is 1. The zero-order chi connectivity index (χ0) is 25.4. The lowest BCUT2D eigenvalue weighted by atomic mass is 9.70. The summed E-state index contributed by atoms with van der Waals surface area (Å²) in [4.78, 5) is 33.9. The molecule has 2 aliphatic heterocycles. The standard InChI is InChI=1S/C27H30ClN5O3/c1-17-13-33(14-18(2)27(17,36)19-6-4-3-5-7-19)26(35)22-16-32(24-10-11-25(34)31-30-24)15-21(22)23-9-8-20(28)12-29-23/h3-12,17-18,21-22,36H,13-16H2,1-2H3,(H,31,34)/t17-,18+,21-,22-,27?/m1/s1. The number of halogens is 1. The number of carbonyl (C=O) groups is 1. The third-order valence-electron chi connectivity index (χ3n) is 7.79. The van der Waals surface area contributed by atoms with Crippen LogP contribution in [0.15, 0.2) is 65.6 Å². The lowest BCUT2D eigenvalue weighted by Crippen LogP contribution is -2.57. The second-order valence-corrected chi connectivity index (χ2v) is 10.5. The van der Waals surface area contributed by atoms with Gasteiger partial charge in [0.25, 0.3) is 5.56 Å². The monoisotopic (exact) mass is 507 g/mol. The molecule has 4 heterocycles. The summed E-state index contributed by atoms with van der Waals surface area (Å²) in [6.07, 6.45) is 1.60. The van der Waals surface area contributed by atoms with Crippen molar-refractivity contribution < 1.29 is 9.90 Å². The van der Waals surface area contributed by atoms with E-state index in [1.54, 1.807) is 18.3 Å². The third kappa shape index (κ3) is 4.40. The lowest BCUT2D eigenvalue weighted by molar-refractivity contribution is -0.152. The van der Waals surface area contributed by atoms with Crippen molar-refractivity contribution >= 4 is 23.3 Å². The molecule has 0 saturated carbocycles. The largest absolute Gasteiger partial charge is 0.384 e. The van der Waals surface area contributed by atoms with E-state index in [-0.39, 0.29) is 35.1 Å². The average Bonchev–Trinajstić information content (AvgIpc) is 3.33. The SMILES string of the molecule is C[C@@H]1CN(C(=O)[C@@H]2CN(c3ccc(=O)[nH]n3)C[C@H]2c2ccc(Cl)cn2)C[C@H](C)C1(O)c1ccccc1. The molecular formula is C27H30ClN5O3. The van der Waals surface area contributed by atoms with E-state index in [4.69, 9.17) is 11.6 Å². The Morgan fingerprint density at radius 3 is 2.36 bits per heavy atom. The van der Waals surface area contributed by atoms with Crippen LogP contribution in [0.2, 0.25) is 5.02 Å². The van der Waals surface area contributed by atoms with Gasteiger partial charge in [0, 0.05) is 61.9 Å².